The van der Waals surface area contributed by atoms with E-state index in [-0.39, 0.29) is 6.04 Å². The molecule has 1 atom stereocenters. The fraction of sp³-hybridized carbons (Fsp3) is 0.400. The fourth-order valence-corrected chi connectivity index (χ4v) is 3.56. The molecule has 0 saturated carbocycles. The summed E-state index contributed by atoms with van der Waals surface area (Å²) in [5, 5.41) is 6.89. The van der Waals surface area contributed by atoms with Gasteiger partial charge in [0, 0.05) is 32.4 Å². The third-order valence-electron chi connectivity index (χ3n) is 5.20. The predicted molar refractivity (Wildman–Crippen MR) is 128 cm³/mol. The molecule has 0 aliphatic carbocycles. The number of aliphatic imine (C=N–C) groups is 1. The molecule has 1 unspecified atom stereocenters. The standard InChI is InChI=1S/C25H34N4O2/c1-5-30-23-13-12-21(17-24(23)31-6-2)19(3)28-25(26-4)27-18-20-10-9-11-22(16-20)29-14-7-8-15-29/h7-13,16-17,19H,5-6,14-15,18H2,1-4H3,(H2,26,27,28). The Hall–Kier alpha value is -3.15. The topological polar surface area (TPSA) is 58.1 Å². The van der Waals surface area contributed by atoms with Gasteiger partial charge in [-0.25, -0.2) is 0 Å². The Labute approximate surface area is 186 Å². The highest BCUT2D eigenvalue weighted by molar-refractivity contribution is 5.80. The molecular weight excluding hydrogens is 388 g/mol. The van der Waals surface area contributed by atoms with Crippen molar-refractivity contribution in [2.75, 3.05) is 38.3 Å². The normalized spacial score (nSPS) is 14.5. The average Bonchev–Trinajstić information content (AvgIpc) is 3.33. The van der Waals surface area contributed by atoms with Gasteiger partial charge in [0.15, 0.2) is 17.5 Å². The molecule has 2 aromatic rings. The summed E-state index contributed by atoms with van der Waals surface area (Å²) in [6, 6.07) is 14.8. The largest absolute Gasteiger partial charge is 0.490 e. The van der Waals surface area contributed by atoms with Crippen molar-refractivity contribution in [3.05, 3.63) is 65.7 Å². The Morgan fingerprint density at radius 1 is 1.03 bits per heavy atom. The van der Waals surface area contributed by atoms with E-state index in [1.165, 1.54) is 11.3 Å². The molecule has 0 aromatic heterocycles. The molecule has 1 aliphatic heterocycles. The van der Waals surface area contributed by atoms with Gasteiger partial charge in [-0.3, -0.25) is 4.99 Å². The molecule has 2 N–H and O–H groups in total. The first-order chi connectivity index (χ1) is 15.1. The number of ether oxygens (including phenoxy) is 2. The van der Waals surface area contributed by atoms with E-state index in [0.29, 0.717) is 19.8 Å². The third kappa shape index (κ3) is 6.17. The number of nitrogens with zero attached hydrogens (tertiary/aromatic N) is 2. The van der Waals surface area contributed by atoms with Crippen molar-refractivity contribution in [3.63, 3.8) is 0 Å². The number of nitrogens with one attached hydrogen (secondary N) is 2. The van der Waals surface area contributed by atoms with Crippen LogP contribution in [0, 0.1) is 0 Å². The molecule has 0 fully saturated rings. The van der Waals surface area contributed by atoms with Crippen LogP contribution in [0.25, 0.3) is 0 Å². The van der Waals surface area contributed by atoms with Crippen molar-refractivity contribution in [3.8, 4) is 11.5 Å². The van der Waals surface area contributed by atoms with Gasteiger partial charge in [0.25, 0.3) is 0 Å². The Morgan fingerprint density at radius 2 is 1.77 bits per heavy atom. The van der Waals surface area contributed by atoms with Gasteiger partial charge in [0.05, 0.1) is 19.3 Å². The lowest BCUT2D eigenvalue weighted by Crippen LogP contribution is -2.38. The van der Waals surface area contributed by atoms with Gasteiger partial charge in [0.2, 0.25) is 0 Å². The van der Waals surface area contributed by atoms with E-state index < -0.39 is 0 Å². The second-order valence-electron chi connectivity index (χ2n) is 7.41. The van der Waals surface area contributed by atoms with E-state index in [0.717, 1.165) is 36.1 Å². The van der Waals surface area contributed by atoms with Gasteiger partial charge in [-0.15, -0.1) is 0 Å². The van der Waals surface area contributed by atoms with Crippen LogP contribution < -0.4 is 25.0 Å². The van der Waals surface area contributed by atoms with Crippen LogP contribution in [0.2, 0.25) is 0 Å². The summed E-state index contributed by atoms with van der Waals surface area (Å²) in [6.45, 7) is 9.92. The minimum atomic E-state index is 0.0584. The summed E-state index contributed by atoms with van der Waals surface area (Å²) in [7, 11) is 1.79. The van der Waals surface area contributed by atoms with Crippen molar-refractivity contribution in [2.45, 2.75) is 33.4 Å². The SMILES string of the molecule is CCOc1ccc(C(C)NC(=NC)NCc2cccc(N3CC=CC3)c2)cc1OCC. The number of benzene rings is 2. The number of guanidine groups is 1. The van der Waals surface area contributed by atoms with Gasteiger partial charge in [-0.1, -0.05) is 30.4 Å². The highest BCUT2D eigenvalue weighted by Gasteiger charge is 2.13. The first kappa shape index (κ1) is 22.5. The molecular formula is C25H34N4O2. The summed E-state index contributed by atoms with van der Waals surface area (Å²) >= 11 is 0. The quantitative estimate of drug-likeness (QED) is 0.359. The fourth-order valence-electron chi connectivity index (χ4n) is 3.56. The second-order valence-corrected chi connectivity index (χ2v) is 7.41. The third-order valence-corrected chi connectivity index (χ3v) is 5.20. The van der Waals surface area contributed by atoms with Gasteiger partial charge in [0.1, 0.15) is 0 Å². The van der Waals surface area contributed by atoms with E-state index in [9.17, 15) is 0 Å². The van der Waals surface area contributed by atoms with Crippen LogP contribution in [0.1, 0.15) is 37.9 Å². The minimum absolute atomic E-state index is 0.0584. The molecule has 6 heteroatoms. The maximum absolute atomic E-state index is 5.76. The lowest BCUT2D eigenvalue weighted by atomic mass is 10.1. The second kappa shape index (κ2) is 11.3. The summed E-state index contributed by atoms with van der Waals surface area (Å²) < 4.78 is 11.4. The summed E-state index contributed by atoms with van der Waals surface area (Å²) in [4.78, 5) is 6.74. The Morgan fingerprint density at radius 3 is 2.48 bits per heavy atom. The highest BCUT2D eigenvalue weighted by atomic mass is 16.5. The molecule has 0 spiro atoms. The van der Waals surface area contributed by atoms with E-state index >= 15 is 0 Å². The van der Waals surface area contributed by atoms with Crippen LogP contribution in [-0.4, -0.2) is 39.3 Å². The molecule has 2 aromatic carbocycles. The number of hydrogen-bond donors (Lipinski definition) is 2. The first-order valence-electron chi connectivity index (χ1n) is 11.0. The van der Waals surface area contributed by atoms with Crippen molar-refractivity contribution >= 4 is 11.6 Å². The zero-order valence-corrected chi connectivity index (χ0v) is 19.0. The number of hydrogen-bond acceptors (Lipinski definition) is 4. The van der Waals surface area contributed by atoms with Gasteiger partial charge < -0.3 is 25.0 Å². The zero-order valence-electron chi connectivity index (χ0n) is 19.0. The molecule has 0 saturated heterocycles. The van der Waals surface area contributed by atoms with Crippen LogP contribution in [0.5, 0.6) is 11.5 Å². The van der Waals surface area contributed by atoms with Crippen molar-refractivity contribution in [2.24, 2.45) is 4.99 Å². The molecule has 0 bridgehead atoms. The zero-order chi connectivity index (χ0) is 22.1. The predicted octanol–water partition coefficient (Wildman–Crippen LogP) is 4.29. The maximum Gasteiger partial charge on any atom is 0.191 e. The molecule has 0 amide bonds. The molecule has 6 nitrogen and oxygen atoms in total. The van der Waals surface area contributed by atoms with Crippen LogP contribution >= 0.6 is 0 Å². The van der Waals surface area contributed by atoms with Crippen LogP contribution in [0.4, 0.5) is 5.69 Å². The van der Waals surface area contributed by atoms with Crippen LogP contribution in [0.15, 0.2) is 59.6 Å². The van der Waals surface area contributed by atoms with Gasteiger partial charge in [-0.05, 0) is 56.2 Å². The average molecular weight is 423 g/mol. The van der Waals surface area contributed by atoms with Gasteiger partial charge >= 0.3 is 0 Å². The molecule has 31 heavy (non-hydrogen) atoms. The van der Waals surface area contributed by atoms with E-state index in [4.69, 9.17) is 9.47 Å². The van der Waals surface area contributed by atoms with E-state index in [2.05, 4.69) is 69.9 Å². The Balaban J connectivity index is 1.61. The summed E-state index contributed by atoms with van der Waals surface area (Å²) in [5.41, 5.74) is 3.58. The van der Waals surface area contributed by atoms with Crippen LogP contribution in [-0.2, 0) is 6.54 Å². The molecule has 166 valence electrons. The van der Waals surface area contributed by atoms with Crippen molar-refractivity contribution in [1.29, 1.82) is 0 Å². The maximum atomic E-state index is 5.76. The lowest BCUT2D eigenvalue weighted by Gasteiger charge is -2.21. The van der Waals surface area contributed by atoms with Crippen molar-refractivity contribution < 1.29 is 9.47 Å². The Bertz CT molecular complexity index is 902. The van der Waals surface area contributed by atoms with Crippen molar-refractivity contribution in [1.82, 2.24) is 10.6 Å². The molecule has 1 aliphatic rings. The van der Waals surface area contributed by atoms with Crippen LogP contribution in [0.3, 0.4) is 0 Å². The number of anilines is 1. The minimum Gasteiger partial charge on any atom is -0.490 e. The summed E-state index contributed by atoms with van der Waals surface area (Å²) in [6.07, 6.45) is 4.41. The molecule has 1 heterocycles. The van der Waals surface area contributed by atoms with E-state index in [1.54, 1.807) is 7.05 Å². The smallest absolute Gasteiger partial charge is 0.191 e. The highest BCUT2D eigenvalue weighted by Crippen LogP contribution is 2.30. The van der Waals surface area contributed by atoms with Gasteiger partial charge in [-0.2, -0.15) is 0 Å². The Kier molecular flexibility index (Phi) is 8.21. The molecule has 3 rings (SSSR count). The summed E-state index contributed by atoms with van der Waals surface area (Å²) in [5.74, 6) is 2.30. The van der Waals surface area contributed by atoms with E-state index in [1.807, 2.05) is 26.0 Å². The first-order valence-corrected chi connectivity index (χ1v) is 11.0. The number of rotatable bonds is 9. The lowest BCUT2D eigenvalue weighted by molar-refractivity contribution is 0.287. The molecule has 0 radical (unpaired) electrons. The monoisotopic (exact) mass is 422 g/mol.